The Kier molecular flexibility index (Phi) is 2.83. The maximum absolute atomic E-state index is 10.6. The quantitative estimate of drug-likeness (QED) is 0.770. The lowest BCUT2D eigenvalue weighted by Crippen LogP contribution is -1.98. The van der Waals surface area contributed by atoms with Gasteiger partial charge in [0.2, 0.25) is 0 Å². The monoisotopic (exact) mass is 203 g/mol. The molecule has 0 bridgehead atoms. The minimum atomic E-state index is 0.188. The van der Waals surface area contributed by atoms with Crippen LogP contribution in [-0.4, -0.2) is 22.6 Å². The Morgan fingerprint density at radius 1 is 1.33 bits per heavy atom. The number of benzene rings is 1. The summed E-state index contributed by atoms with van der Waals surface area (Å²) in [4.78, 5) is 10.6. The van der Waals surface area contributed by atoms with Gasteiger partial charge in [-0.15, -0.1) is 0 Å². The van der Waals surface area contributed by atoms with Crippen molar-refractivity contribution >= 4 is 17.2 Å². The Morgan fingerprint density at radius 3 is 2.93 bits per heavy atom. The van der Waals surface area contributed by atoms with Crippen molar-refractivity contribution < 1.29 is 9.90 Å². The predicted octanol–water partition coefficient (Wildman–Crippen LogP) is 1.84. The summed E-state index contributed by atoms with van der Waals surface area (Å²) in [7, 11) is 0. The number of rotatable bonds is 4. The number of aldehydes is 1. The van der Waals surface area contributed by atoms with E-state index >= 15 is 0 Å². The fourth-order valence-electron chi connectivity index (χ4n) is 1.71. The summed E-state index contributed by atoms with van der Waals surface area (Å²) in [6, 6.07) is 7.64. The summed E-state index contributed by atoms with van der Waals surface area (Å²) in [5, 5.41) is 9.89. The molecular weight excluding hydrogens is 190 g/mol. The Balaban J connectivity index is 2.42. The Bertz CT molecular complexity index is 473. The number of carbonyl (C=O) groups is 1. The van der Waals surface area contributed by atoms with Gasteiger partial charge in [-0.1, -0.05) is 12.1 Å². The maximum atomic E-state index is 10.6. The number of aromatic nitrogens is 1. The van der Waals surface area contributed by atoms with Gasteiger partial charge in [0.05, 0.1) is 0 Å². The summed E-state index contributed by atoms with van der Waals surface area (Å²) in [5.41, 5.74) is 1.74. The molecule has 2 rings (SSSR count). The predicted molar refractivity (Wildman–Crippen MR) is 59.0 cm³/mol. The van der Waals surface area contributed by atoms with E-state index in [4.69, 9.17) is 5.11 Å². The summed E-state index contributed by atoms with van der Waals surface area (Å²) < 4.78 is 2.05. The number of fused-ring (bicyclic) bond motifs is 1. The van der Waals surface area contributed by atoms with Crippen LogP contribution in [0.5, 0.6) is 0 Å². The molecule has 1 aromatic heterocycles. The van der Waals surface area contributed by atoms with Gasteiger partial charge in [-0.2, -0.15) is 0 Å². The van der Waals surface area contributed by atoms with Crippen molar-refractivity contribution in [1.82, 2.24) is 4.57 Å². The van der Waals surface area contributed by atoms with E-state index in [9.17, 15) is 4.79 Å². The second kappa shape index (κ2) is 4.28. The van der Waals surface area contributed by atoms with Gasteiger partial charge in [0.15, 0.2) is 0 Å². The van der Waals surface area contributed by atoms with E-state index in [0.717, 1.165) is 30.2 Å². The van der Waals surface area contributed by atoms with Gasteiger partial charge in [0.25, 0.3) is 0 Å². The van der Waals surface area contributed by atoms with Gasteiger partial charge in [-0.05, 0) is 23.9 Å². The molecule has 0 aliphatic rings. The highest BCUT2D eigenvalue weighted by Crippen LogP contribution is 2.17. The third kappa shape index (κ3) is 1.92. The fourth-order valence-corrected chi connectivity index (χ4v) is 1.71. The smallest absolute Gasteiger partial charge is 0.150 e. The van der Waals surface area contributed by atoms with Crippen molar-refractivity contribution in [3.05, 3.63) is 36.0 Å². The van der Waals surface area contributed by atoms with Crippen molar-refractivity contribution in [3.63, 3.8) is 0 Å². The van der Waals surface area contributed by atoms with Crippen molar-refractivity contribution in [3.8, 4) is 0 Å². The van der Waals surface area contributed by atoms with Crippen LogP contribution in [0.15, 0.2) is 30.5 Å². The second-order valence-corrected chi connectivity index (χ2v) is 3.52. The topological polar surface area (TPSA) is 42.2 Å². The highest BCUT2D eigenvalue weighted by molar-refractivity contribution is 5.87. The molecule has 0 amide bonds. The van der Waals surface area contributed by atoms with Crippen LogP contribution < -0.4 is 0 Å². The molecule has 0 atom stereocenters. The number of aryl methyl sites for hydroxylation is 1. The SMILES string of the molecule is O=Cc1ccc2ccn(CCCO)c2c1. The van der Waals surface area contributed by atoms with Gasteiger partial charge in [-0.3, -0.25) is 4.79 Å². The molecule has 0 fully saturated rings. The molecule has 3 heteroatoms. The third-order valence-corrected chi connectivity index (χ3v) is 2.49. The molecule has 0 aliphatic heterocycles. The average Bonchev–Trinajstić information content (AvgIpc) is 2.68. The molecule has 3 nitrogen and oxygen atoms in total. The van der Waals surface area contributed by atoms with Gasteiger partial charge in [0, 0.05) is 30.4 Å². The van der Waals surface area contributed by atoms with E-state index in [2.05, 4.69) is 4.57 Å². The lowest BCUT2D eigenvalue weighted by Gasteiger charge is -2.03. The Hall–Kier alpha value is -1.61. The molecule has 0 saturated carbocycles. The van der Waals surface area contributed by atoms with Crippen LogP contribution in [0.4, 0.5) is 0 Å². The largest absolute Gasteiger partial charge is 0.396 e. The summed E-state index contributed by atoms with van der Waals surface area (Å²) in [5.74, 6) is 0. The number of hydrogen-bond donors (Lipinski definition) is 1. The fraction of sp³-hybridized carbons (Fsp3) is 0.250. The first-order valence-corrected chi connectivity index (χ1v) is 5.00. The van der Waals surface area contributed by atoms with Crippen molar-refractivity contribution in [2.75, 3.05) is 6.61 Å². The molecule has 2 aromatic rings. The van der Waals surface area contributed by atoms with Crippen molar-refractivity contribution in [1.29, 1.82) is 0 Å². The summed E-state index contributed by atoms with van der Waals surface area (Å²) >= 11 is 0. The molecule has 1 heterocycles. The second-order valence-electron chi connectivity index (χ2n) is 3.52. The normalized spacial score (nSPS) is 10.7. The zero-order valence-corrected chi connectivity index (χ0v) is 8.39. The van der Waals surface area contributed by atoms with Crippen LogP contribution >= 0.6 is 0 Å². The van der Waals surface area contributed by atoms with Crippen LogP contribution in [0.3, 0.4) is 0 Å². The summed E-state index contributed by atoms with van der Waals surface area (Å²) in [6.07, 6.45) is 3.56. The van der Waals surface area contributed by atoms with E-state index < -0.39 is 0 Å². The van der Waals surface area contributed by atoms with Crippen LogP contribution in [0.25, 0.3) is 10.9 Å². The number of nitrogens with zero attached hydrogens (tertiary/aromatic N) is 1. The molecule has 0 aliphatic carbocycles. The van der Waals surface area contributed by atoms with E-state index in [0.29, 0.717) is 5.56 Å². The number of hydrogen-bond acceptors (Lipinski definition) is 2. The molecule has 78 valence electrons. The minimum absolute atomic E-state index is 0.188. The molecule has 15 heavy (non-hydrogen) atoms. The first kappa shape index (κ1) is 9.93. The standard InChI is InChI=1S/C12H13NO2/c14-7-1-5-13-6-4-11-3-2-10(9-15)8-12(11)13/h2-4,6,8-9,14H,1,5,7H2. The minimum Gasteiger partial charge on any atom is -0.396 e. The number of aliphatic hydroxyl groups is 1. The highest BCUT2D eigenvalue weighted by Gasteiger charge is 2.01. The van der Waals surface area contributed by atoms with Gasteiger partial charge in [0.1, 0.15) is 6.29 Å². The zero-order valence-electron chi connectivity index (χ0n) is 8.39. The van der Waals surface area contributed by atoms with Crippen LogP contribution in [0, 0.1) is 0 Å². The summed E-state index contributed by atoms with van der Waals surface area (Å²) in [6.45, 7) is 0.968. The van der Waals surface area contributed by atoms with Gasteiger partial charge >= 0.3 is 0 Å². The van der Waals surface area contributed by atoms with Gasteiger partial charge < -0.3 is 9.67 Å². The Labute approximate surface area is 87.9 Å². The molecule has 1 aromatic carbocycles. The van der Waals surface area contributed by atoms with E-state index in [1.807, 2.05) is 30.5 Å². The van der Waals surface area contributed by atoms with Gasteiger partial charge in [-0.25, -0.2) is 0 Å². The third-order valence-electron chi connectivity index (χ3n) is 2.49. The van der Waals surface area contributed by atoms with E-state index in [-0.39, 0.29) is 6.61 Å². The molecule has 0 saturated heterocycles. The lowest BCUT2D eigenvalue weighted by atomic mass is 10.2. The van der Waals surface area contributed by atoms with Crippen molar-refractivity contribution in [2.24, 2.45) is 0 Å². The van der Waals surface area contributed by atoms with Crippen LogP contribution in [0.2, 0.25) is 0 Å². The first-order valence-electron chi connectivity index (χ1n) is 5.00. The highest BCUT2D eigenvalue weighted by atomic mass is 16.3. The molecule has 1 N–H and O–H groups in total. The molecule has 0 unspecified atom stereocenters. The van der Waals surface area contributed by atoms with Crippen LogP contribution in [-0.2, 0) is 6.54 Å². The average molecular weight is 203 g/mol. The lowest BCUT2D eigenvalue weighted by molar-refractivity contribution is 0.112. The Morgan fingerprint density at radius 2 is 2.20 bits per heavy atom. The van der Waals surface area contributed by atoms with E-state index in [1.54, 1.807) is 0 Å². The van der Waals surface area contributed by atoms with E-state index in [1.165, 1.54) is 0 Å². The first-order chi connectivity index (χ1) is 7.35. The number of carbonyl (C=O) groups excluding carboxylic acids is 1. The van der Waals surface area contributed by atoms with Crippen molar-refractivity contribution in [2.45, 2.75) is 13.0 Å². The molecule has 0 spiro atoms. The zero-order chi connectivity index (χ0) is 10.7. The number of aliphatic hydroxyl groups excluding tert-OH is 1. The van der Waals surface area contributed by atoms with Crippen LogP contribution in [0.1, 0.15) is 16.8 Å². The molecular formula is C12H13NO2. The molecule has 0 radical (unpaired) electrons. The maximum Gasteiger partial charge on any atom is 0.150 e.